The molecule has 1 fully saturated rings. The quantitative estimate of drug-likeness (QED) is 0.944. The van der Waals surface area contributed by atoms with E-state index in [0.717, 1.165) is 12.8 Å². The van der Waals surface area contributed by atoms with E-state index in [4.69, 9.17) is 4.74 Å². The van der Waals surface area contributed by atoms with Crippen molar-refractivity contribution in [2.45, 2.75) is 18.9 Å². The topological polar surface area (TPSA) is 58.6 Å². The highest BCUT2D eigenvalue weighted by Gasteiger charge is 2.24. The fourth-order valence-electron chi connectivity index (χ4n) is 2.78. The molecule has 0 aromatic heterocycles. The second-order valence-electron chi connectivity index (χ2n) is 5.78. The van der Waals surface area contributed by atoms with Crippen LogP contribution in [-0.2, 0) is 0 Å². The zero-order valence-corrected chi connectivity index (χ0v) is 13.4. The Bertz CT molecular complexity index is 680. The molecule has 1 aliphatic rings. The maximum atomic E-state index is 12.4. The lowest BCUT2D eigenvalue weighted by Gasteiger charge is -2.32. The van der Waals surface area contributed by atoms with Crippen LogP contribution < -0.4 is 10.1 Å². The van der Waals surface area contributed by atoms with E-state index in [0.29, 0.717) is 24.4 Å². The monoisotopic (exact) mass is 324 g/mol. The summed E-state index contributed by atoms with van der Waals surface area (Å²) in [5.74, 6) is 0.563. The molecule has 0 spiro atoms. The summed E-state index contributed by atoms with van der Waals surface area (Å²) in [5, 5.41) is 2.87. The van der Waals surface area contributed by atoms with E-state index in [1.54, 1.807) is 12.1 Å². The minimum atomic E-state index is -0.450. The molecule has 0 atom stereocenters. The van der Waals surface area contributed by atoms with Gasteiger partial charge >= 0.3 is 6.09 Å². The smallest absolute Gasteiger partial charge is 0.410 e. The van der Waals surface area contributed by atoms with Crippen LogP contribution >= 0.6 is 0 Å². The first-order valence-electron chi connectivity index (χ1n) is 8.10. The Kier molecular flexibility index (Phi) is 5.11. The highest BCUT2D eigenvalue weighted by molar-refractivity contribution is 5.94. The van der Waals surface area contributed by atoms with Gasteiger partial charge in [-0.15, -0.1) is 0 Å². The number of hydrogen-bond donors (Lipinski definition) is 1. The molecule has 0 radical (unpaired) electrons. The van der Waals surface area contributed by atoms with E-state index < -0.39 is 6.09 Å². The first kappa shape index (κ1) is 16.1. The van der Waals surface area contributed by atoms with Gasteiger partial charge in [0.25, 0.3) is 5.91 Å². The summed E-state index contributed by atoms with van der Waals surface area (Å²) < 4.78 is 5.23. The lowest BCUT2D eigenvalue weighted by molar-refractivity contribution is 0.0706. The molecular formula is C19H20N2O3. The maximum absolute atomic E-state index is 12.4. The number of para-hydroxylation sites is 1. The summed E-state index contributed by atoms with van der Waals surface area (Å²) in [6.07, 6.45) is 0.999. The molecule has 5 nitrogen and oxygen atoms in total. The first-order valence-corrected chi connectivity index (χ1v) is 8.10. The zero-order valence-electron chi connectivity index (χ0n) is 13.4. The molecule has 0 aliphatic carbocycles. The number of nitrogens with zero attached hydrogens (tertiary/aromatic N) is 1. The molecule has 1 saturated heterocycles. The lowest BCUT2D eigenvalue weighted by Crippen LogP contribution is -2.47. The van der Waals surface area contributed by atoms with Gasteiger partial charge < -0.3 is 15.0 Å². The molecule has 2 aromatic rings. The Hall–Kier alpha value is -2.82. The molecular weight excluding hydrogens is 304 g/mol. The minimum Gasteiger partial charge on any atom is -0.410 e. The van der Waals surface area contributed by atoms with Gasteiger partial charge in [-0.1, -0.05) is 36.4 Å². The van der Waals surface area contributed by atoms with Gasteiger partial charge in [0.15, 0.2) is 0 Å². The SMILES string of the molecule is O=C(NC1CCN(C(=O)c2ccccc2)CC1)Oc1ccccc1. The minimum absolute atomic E-state index is 0.0287. The highest BCUT2D eigenvalue weighted by Crippen LogP contribution is 2.15. The number of ether oxygens (including phenoxy) is 1. The van der Waals surface area contributed by atoms with Gasteiger partial charge in [0.2, 0.25) is 0 Å². The largest absolute Gasteiger partial charge is 0.412 e. The summed E-state index contributed by atoms with van der Waals surface area (Å²) in [4.78, 5) is 26.1. The van der Waals surface area contributed by atoms with Gasteiger partial charge in [-0.3, -0.25) is 4.79 Å². The number of rotatable bonds is 3. The van der Waals surface area contributed by atoms with Crippen LogP contribution in [0, 0.1) is 0 Å². The molecule has 1 aliphatic heterocycles. The van der Waals surface area contributed by atoms with Gasteiger partial charge in [-0.2, -0.15) is 0 Å². The third kappa shape index (κ3) is 4.13. The Labute approximate surface area is 141 Å². The molecule has 124 valence electrons. The molecule has 0 bridgehead atoms. The van der Waals surface area contributed by atoms with Crippen LogP contribution in [0.25, 0.3) is 0 Å². The summed E-state index contributed by atoms with van der Waals surface area (Å²) in [6, 6.07) is 18.3. The van der Waals surface area contributed by atoms with Crippen LogP contribution in [0.15, 0.2) is 60.7 Å². The van der Waals surface area contributed by atoms with Crippen molar-refractivity contribution in [3.63, 3.8) is 0 Å². The van der Waals surface area contributed by atoms with E-state index in [-0.39, 0.29) is 11.9 Å². The second-order valence-corrected chi connectivity index (χ2v) is 5.78. The molecule has 1 N–H and O–H groups in total. The van der Waals surface area contributed by atoms with Crippen LogP contribution in [0.5, 0.6) is 5.75 Å². The van der Waals surface area contributed by atoms with Crippen LogP contribution in [0.4, 0.5) is 4.79 Å². The van der Waals surface area contributed by atoms with Crippen LogP contribution in [0.1, 0.15) is 23.2 Å². The first-order chi connectivity index (χ1) is 11.7. The molecule has 5 heteroatoms. The molecule has 2 amide bonds. The van der Waals surface area contributed by atoms with Gasteiger partial charge in [0.1, 0.15) is 5.75 Å². The van der Waals surface area contributed by atoms with Gasteiger partial charge in [0.05, 0.1) is 0 Å². The van der Waals surface area contributed by atoms with Gasteiger partial charge in [-0.05, 0) is 37.1 Å². The molecule has 0 unspecified atom stereocenters. The molecule has 24 heavy (non-hydrogen) atoms. The Morgan fingerprint density at radius 1 is 0.917 bits per heavy atom. The molecule has 0 saturated carbocycles. The van der Waals surface area contributed by atoms with Crippen LogP contribution in [0.3, 0.4) is 0 Å². The molecule has 3 rings (SSSR count). The number of benzene rings is 2. The van der Waals surface area contributed by atoms with E-state index in [9.17, 15) is 9.59 Å². The standard InChI is InChI=1S/C19H20N2O3/c22-18(15-7-3-1-4-8-15)21-13-11-16(12-14-21)20-19(23)24-17-9-5-2-6-10-17/h1-10,16H,11-14H2,(H,20,23). The van der Waals surface area contributed by atoms with Crippen LogP contribution in [-0.4, -0.2) is 36.0 Å². The van der Waals surface area contributed by atoms with Crippen LogP contribution in [0.2, 0.25) is 0 Å². The number of carbonyl (C=O) groups excluding carboxylic acids is 2. The Morgan fingerprint density at radius 3 is 2.12 bits per heavy atom. The predicted molar refractivity (Wildman–Crippen MR) is 91.0 cm³/mol. The average Bonchev–Trinajstić information content (AvgIpc) is 2.63. The zero-order chi connectivity index (χ0) is 16.8. The number of hydrogen-bond acceptors (Lipinski definition) is 3. The summed E-state index contributed by atoms with van der Waals surface area (Å²) in [7, 11) is 0. The van der Waals surface area contributed by atoms with Crippen molar-refractivity contribution >= 4 is 12.0 Å². The fourth-order valence-corrected chi connectivity index (χ4v) is 2.78. The fraction of sp³-hybridized carbons (Fsp3) is 0.263. The number of amides is 2. The number of likely N-dealkylation sites (tertiary alicyclic amines) is 1. The Balaban J connectivity index is 1.47. The van der Waals surface area contributed by atoms with Gasteiger partial charge in [0, 0.05) is 24.7 Å². The van der Waals surface area contributed by atoms with Crippen molar-refractivity contribution in [3.05, 3.63) is 66.2 Å². The second kappa shape index (κ2) is 7.64. The van der Waals surface area contributed by atoms with Crippen molar-refractivity contribution in [1.29, 1.82) is 0 Å². The lowest BCUT2D eigenvalue weighted by atomic mass is 10.0. The number of nitrogens with one attached hydrogen (secondary N) is 1. The normalized spacial score (nSPS) is 14.9. The molecule has 2 aromatic carbocycles. The van der Waals surface area contributed by atoms with Gasteiger partial charge in [-0.25, -0.2) is 4.79 Å². The van der Waals surface area contributed by atoms with Crippen molar-refractivity contribution in [3.8, 4) is 5.75 Å². The summed E-state index contributed by atoms with van der Waals surface area (Å²) >= 11 is 0. The predicted octanol–water partition coefficient (Wildman–Crippen LogP) is 3.08. The Morgan fingerprint density at radius 2 is 1.50 bits per heavy atom. The van der Waals surface area contributed by atoms with Crippen molar-refractivity contribution in [2.24, 2.45) is 0 Å². The third-order valence-corrected chi connectivity index (χ3v) is 4.08. The molecule has 1 heterocycles. The van der Waals surface area contributed by atoms with Crippen molar-refractivity contribution in [2.75, 3.05) is 13.1 Å². The van der Waals surface area contributed by atoms with E-state index in [1.165, 1.54) is 0 Å². The van der Waals surface area contributed by atoms with E-state index in [2.05, 4.69) is 5.32 Å². The summed E-state index contributed by atoms with van der Waals surface area (Å²) in [5.41, 5.74) is 0.701. The van der Waals surface area contributed by atoms with Crippen molar-refractivity contribution in [1.82, 2.24) is 10.2 Å². The van der Waals surface area contributed by atoms with E-state index >= 15 is 0 Å². The highest BCUT2D eigenvalue weighted by atomic mass is 16.6. The maximum Gasteiger partial charge on any atom is 0.412 e. The average molecular weight is 324 g/mol. The number of piperidine rings is 1. The summed E-state index contributed by atoms with van der Waals surface area (Å²) in [6.45, 7) is 1.26. The van der Waals surface area contributed by atoms with Crippen molar-refractivity contribution < 1.29 is 14.3 Å². The van der Waals surface area contributed by atoms with E-state index in [1.807, 2.05) is 53.4 Å². The third-order valence-electron chi connectivity index (χ3n) is 4.08. The number of carbonyl (C=O) groups is 2.